The Morgan fingerprint density at radius 1 is 1.62 bits per heavy atom. The van der Waals surface area contributed by atoms with Crippen molar-refractivity contribution in [2.75, 3.05) is 5.32 Å². The summed E-state index contributed by atoms with van der Waals surface area (Å²) >= 11 is 0. The quantitative estimate of drug-likeness (QED) is 0.564. The summed E-state index contributed by atoms with van der Waals surface area (Å²) in [6.07, 6.45) is 5.10. The summed E-state index contributed by atoms with van der Waals surface area (Å²) in [6.45, 7) is 0. The summed E-state index contributed by atoms with van der Waals surface area (Å²) in [5, 5.41) is 13.6. The van der Waals surface area contributed by atoms with Gasteiger partial charge in [0.1, 0.15) is 5.69 Å². The Morgan fingerprint density at radius 2 is 2.38 bits per heavy atom. The van der Waals surface area contributed by atoms with E-state index in [0.717, 1.165) is 12.8 Å². The highest BCUT2D eigenvalue weighted by molar-refractivity contribution is 5.60. The van der Waals surface area contributed by atoms with E-state index >= 15 is 0 Å². The van der Waals surface area contributed by atoms with Crippen molar-refractivity contribution in [2.24, 2.45) is 0 Å². The predicted molar refractivity (Wildman–Crippen MR) is 47.5 cm³/mol. The molecule has 0 unspecified atom stereocenters. The third-order valence-electron chi connectivity index (χ3n) is 1.93. The topological polar surface area (TPSA) is 68.1 Å². The summed E-state index contributed by atoms with van der Waals surface area (Å²) in [5.41, 5.74) is 0.622. The summed E-state index contributed by atoms with van der Waals surface area (Å²) < 4.78 is 0. The molecule has 0 radical (unpaired) electrons. The Bertz CT molecular complexity index is 336. The maximum Gasteiger partial charge on any atom is 0.295 e. The second kappa shape index (κ2) is 3.01. The summed E-state index contributed by atoms with van der Waals surface area (Å²) in [6, 6.07) is 1.81. The number of nitro groups is 1. The van der Waals surface area contributed by atoms with Crippen LogP contribution < -0.4 is 5.32 Å². The lowest BCUT2D eigenvalue weighted by atomic mass is 10.3. The first kappa shape index (κ1) is 7.97. The second-order valence-electron chi connectivity index (χ2n) is 3.07. The number of hydrogen-bond acceptors (Lipinski definition) is 4. The van der Waals surface area contributed by atoms with Crippen LogP contribution in [-0.4, -0.2) is 15.9 Å². The van der Waals surface area contributed by atoms with Crippen LogP contribution in [0, 0.1) is 10.1 Å². The van der Waals surface area contributed by atoms with Gasteiger partial charge >= 0.3 is 0 Å². The van der Waals surface area contributed by atoms with E-state index in [9.17, 15) is 10.1 Å². The number of hydrogen-bond donors (Lipinski definition) is 1. The molecule has 0 saturated heterocycles. The van der Waals surface area contributed by atoms with Crippen molar-refractivity contribution in [3.05, 3.63) is 28.6 Å². The van der Waals surface area contributed by atoms with Crippen LogP contribution in [0.15, 0.2) is 18.5 Å². The van der Waals surface area contributed by atoms with E-state index in [4.69, 9.17) is 0 Å². The fourth-order valence-corrected chi connectivity index (χ4v) is 1.11. The van der Waals surface area contributed by atoms with Crippen molar-refractivity contribution >= 4 is 11.4 Å². The number of nitrogens with zero attached hydrogens (tertiary/aromatic N) is 2. The maximum atomic E-state index is 10.6. The lowest BCUT2D eigenvalue weighted by Gasteiger charge is -2.03. The number of nitrogens with one attached hydrogen (secondary N) is 1. The van der Waals surface area contributed by atoms with Crippen LogP contribution in [0.2, 0.25) is 0 Å². The Balaban J connectivity index is 2.25. The lowest BCUT2D eigenvalue weighted by Crippen LogP contribution is -2.04. The van der Waals surface area contributed by atoms with Crippen LogP contribution >= 0.6 is 0 Å². The van der Waals surface area contributed by atoms with E-state index in [1.165, 1.54) is 18.5 Å². The van der Waals surface area contributed by atoms with Gasteiger partial charge in [-0.25, -0.2) is 0 Å². The predicted octanol–water partition coefficient (Wildman–Crippen LogP) is 1.56. The van der Waals surface area contributed by atoms with Crippen LogP contribution in [0.25, 0.3) is 0 Å². The molecule has 0 aliphatic heterocycles. The highest BCUT2D eigenvalue weighted by Gasteiger charge is 2.24. The van der Waals surface area contributed by atoms with E-state index in [1.807, 2.05) is 0 Å². The number of pyridine rings is 1. The normalized spacial score (nSPS) is 15.4. The van der Waals surface area contributed by atoms with Crippen molar-refractivity contribution in [3.8, 4) is 0 Å². The van der Waals surface area contributed by atoms with Gasteiger partial charge in [-0.1, -0.05) is 0 Å². The van der Waals surface area contributed by atoms with Crippen molar-refractivity contribution in [2.45, 2.75) is 18.9 Å². The van der Waals surface area contributed by atoms with Crippen LogP contribution in [0.5, 0.6) is 0 Å². The zero-order valence-corrected chi connectivity index (χ0v) is 6.93. The zero-order valence-electron chi connectivity index (χ0n) is 6.93. The van der Waals surface area contributed by atoms with Gasteiger partial charge in [0.15, 0.2) is 0 Å². The molecule has 13 heavy (non-hydrogen) atoms. The number of aromatic nitrogens is 1. The first-order valence-corrected chi connectivity index (χ1v) is 4.12. The summed E-state index contributed by atoms with van der Waals surface area (Å²) in [4.78, 5) is 14.0. The molecule has 1 heterocycles. The molecule has 1 aromatic heterocycles. The molecule has 0 atom stereocenters. The van der Waals surface area contributed by atoms with Gasteiger partial charge in [0.05, 0.1) is 11.1 Å². The number of rotatable bonds is 3. The van der Waals surface area contributed by atoms with Crippen LogP contribution in [0.1, 0.15) is 12.8 Å². The summed E-state index contributed by atoms with van der Waals surface area (Å²) in [7, 11) is 0. The van der Waals surface area contributed by atoms with Crippen LogP contribution in [-0.2, 0) is 0 Å². The molecule has 1 aromatic rings. The van der Waals surface area contributed by atoms with Crippen LogP contribution in [0.3, 0.4) is 0 Å². The third-order valence-corrected chi connectivity index (χ3v) is 1.93. The Hall–Kier alpha value is -1.65. The molecule has 1 saturated carbocycles. The van der Waals surface area contributed by atoms with Gasteiger partial charge < -0.3 is 5.32 Å². The van der Waals surface area contributed by atoms with Crippen molar-refractivity contribution in [1.29, 1.82) is 0 Å². The molecular formula is C8H9N3O2. The van der Waals surface area contributed by atoms with Gasteiger partial charge in [0.2, 0.25) is 0 Å². The molecule has 0 amide bonds. The molecule has 0 aromatic carbocycles. The molecular weight excluding hydrogens is 170 g/mol. The van der Waals surface area contributed by atoms with E-state index in [0.29, 0.717) is 11.7 Å². The molecule has 1 aliphatic carbocycles. The standard InChI is InChI=1S/C8H9N3O2/c12-11(13)8-3-4-9-5-7(8)10-6-1-2-6/h3-6,10H,1-2H2. The van der Waals surface area contributed by atoms with E-state index < -0.39 is 4.92 Å². The first-order valence-electron chi connectivity index (χ1n) is 4.12. The van der Waals surface area contributed by atoms with E-state index in [2.05, 4.69) is 10.3 Å². The third kappa shape index (κ3) is 1.74. The van der Waals surface area contributed by atoms with Gasteiger partial charge in [-0.2, -0.15) is 0 Å². The van der Waals surface area contributed by atoms with Gasteiger partial charge in [0.25, 0.3) is 5.69 Å². The molecule has 5 nitrogen and oxygen atoms in total. The molecule has 1 N–H and O–H groups in total. The molecule has 1 aliphatic rings. The molecule has 1 fully saturated rings. The fraction of sp³-hybridized carbons (Fsp3) is 0.375. The van der Waals surface area contributed by atoms with E-state index in [-0.39, 0.29) is 5.69 Å². The van der Waals surface area contributed by atoms with Gasteiger partial charge in [0, 0.05) is 18.3 Å². The van der Waals surface area contributed by atoms with Gasteiger partial charge in [-0.05, 0) is 12.8 Å². The highest BCUT2D eigenvalue weighted by atomic mass is 16.6. The number of anilines is 1. The highest BCUT2D eigenvalue weighted by Crippen LogP contribution is 2.29. The maximum absolute atomic E-state index is 10.6. The van der Waals surface area contributed by atoms with Gasteiger partial charge in [-0.15, -0.1) is 0 Å². The molecule has 2 rings (SSSR count). The fourth-order valence-electron chi connectivity index (χ4n) is 1.11. The smallest absolute Gasteiger partial charge is 0.295 e. The molecule has 5 heteroatoms. The minimum absolute atomic E-state index is 0.0990. The zero-order chi connectivity index (χ0) is 9.26. The van der Waals surface area contributed by atoms with E-state index in [1.54, 1.807) is 0 Å². The minimum Gasteiger partial charge on any atom is -0.375 e. The summed E-state index contributed by atoms with van der Waals surface area (Å²) in [5.74, 6) is 0. The average molecular weight is 179 g/mol. The van der Waals surface area contributed by atoms with Gasteiger partial charge in [-0.3, -0.25) is 15.1 Å². The van der Waals surface area contributed by atoms with Crippen molar-refractivity contribution in [1.82, 2.24) is 4.98 Å². The van der Waals surface area contributed by atoms with Crippen molar-refractivity contribution in [3.63, 3.8) is 0 Å². The Morgan fingerprint density at radius 3 is 3.00 bits per heavy atom. The lowest BCUT2D eigenvalue weighted by molar-refractivity contribution is -0.384. The Kier molecular flexibility index (Phi) is 1.84. The molecule has 68 valence electrons. The first-order chi connectivity index (χ1) is 6.27. The largest absolute Gasteiger partial charge is 0.375 e. The average Bonchev–Trinajstić information content (AvgIpc) is 2.89. The Labute approximate surface area is 74.9 Å². The van der Waals surface area contributed by atoms with Crippen molar-refractivity contribution < 1.29 is 4.92 Å². The second-order valence-corrected chi connectivity index (χ2v) is 3.07. The SMILES string of the molecule is O=[N+]([O-])c1ccncc1NC1CC1. The molecule has 0 bridgehead atoms. The minimum atomic E-state index is -0.396. The molecule has 0 spiro atoms. The monoisotopic (exact) mass is 179 g/mol. The van der Waals surface area contributed by atoms with Crippen LogP contribution in [0.4, 0.5) is 11.4 Å².